The van der Waals surface area contributed by atoms with Gasteiger partial charge in [-0.1, -0.05) is 24.3 Å². The van der Waals surface area contributed by atoms with Gasteiger partial charge in [-0.2, -0.15) is 8.78 Å². The van der Waals surface area contributed by atoms with Crippen LogP contribution in [0.4, 0.5) is 8.78 Å². The third-order valence-electron chi connectivity index (χ3n) is 3.00. The summed E-state index contributed by atoms with van der Waals surface area (Å²) in [6, 6.07) is 5.71. The zero-order valence-corrected chi connectivity index (χ0v) is 9.35. The quantitative estimate of drug-likeness (QED) is 0.866. The highest BCUT2D eigenvalue weighted by Crippen LogP contribution is 2.24. The van der Waals surface area contributed by atoms with Crippen molar-refractivity contribution in [2.75, 3.05) is 0 Å². The number of amides is 1. The largest absolute Gasteiger partial charge is 0.480 e. The van der Waals surface area contributed by atoms with Crippen molar-refractivity contribution in [3.8, 4) is 0 Å². The number of fused-ring (bicyclic) bond motifs is 1. The smallest absolute Gasteiger partial charge is 0.326 e. The molecule has 0 radical (unpaired) electrons. The Morgan fingerprint density at radius 2 is 1.89 bits per heavy atom. The second-order valence-corrected chi connectivity index (χ2v) is 4.09. The van der Waals surface area contributed by atoms with E-state index in [1.54, 1.807) is 24.3 Å². The fraction of sp³-hybridized carbons (Fsp3) is 0.333. The van der Waals surface area contributed by atoms with Crippen LogP contribution < -0.4 is 0 Å². The molecule has 1 amide bonds. The van der Waals surface area contributed by atoms with E-state index in [0.29, 0.717) is 5.56 Å². The van der Waals surface area contributed by atoms with Crippen LogP contribution in [0.25, 0.3) is 0 Å². The second-order valence-electron chi connectivity index (χ2n) is 4.09. The van der Waals surface area contributed by atoms with Gasteiger partial charge in [-0.15, -0.1) is 0 Å². The number of nitrogens with zero attached hydrogens (tertiary/aromatic N) is 1. The number of aliphatic carboxylic acids is 1. The molecule has 1 aromatic rings. The number of benzene rings is 1. The molecule has 0 saturated carbocycles. The topological polar surface area (TPSA) is 57.6 Å². The van der Waals surface area contributed by atoms with Crippen LogP contribution in [0.2, 0.25) is 0 Å². The fourth-order valence-electron chi connectivity index (χ4n) is 2.10. The van der Waals surface area contributed by atoms with E-state index in [9.17, 15) is 18.4 Å². The van der Waals surface area contributed by atoms with E-state index in [1.807, 2.05) is 0 Å². The third kappa shape index (κ3) is 2.18. The zero-order valence-electron chi connectivity index (χ0n) is 9.35. The summed E-state index contributed by atoms with van der Waals surface area (Å²) in [6.45, 7) is -0.0870. The first-order valence-corrected chi connectivity index (χ1v) is 5.39. The van der Waals surface area contributed by atoms with E-state index in [4.69, 9.17) is 5.11 Å². The molecule has 1 unspecified atom stereocenters. The molecule has 4 nitrogen and oxygen atoms in total. The highest BCUT2D eigenvalue weighted by atomic mass is 19.3. The first-order valence-electron chi connectivity index (χ1n) is 5.39. The Bertz CT molecular complexity index is 490. The molecule has 6 heteroatoms. The Balaban J connectivity index is 2.34. The van der Waals surface area contributed by atoms with Gasteiger partial charge in [-0.25, -0.2) is 4.79 Å². The van der Waals surface area contributed by atoms with Crippen molar-refractivity contribution in [2.45, 2.75) is 25.4 Å². The molecule has 1 N–H and O–H groups in total. The minimum absolute atomic E-state index is 0.0595. The predicted molar refractivity (Wildman–Crippen MR) is 58.1 cm³/mol. The van der Waals surface area contributed by atoms with Crippen molar-refractivity contribution < 1.29 is 23.5 Å². The van der Waals surface area contributed by atoms with Gasteiger partial charge >= 0.3 is 12.4 Å². The Labute approximate surface area is 102 Å². The van der Waals surface area contributed by atoms with E-state index < -0.39 is 24.3 Å². The van der Waals surface area contributed by atoms with Gasteiger partial charge in [-0.05, 0) is 11.1 Å². The van der Waals surface area contributed by atoms with Crippen molar-refractivity contribution in [1.29, 1.82) is 0 Å². The average molecular weight is 255 g/mol. The minimum Gasteiger partial charge on any atom is -0.480 e. The van der Waals surface area contributed by atoms with Crippen molar-refractivity contribution >= 4 is 11.9 Å². The molecule has 0 fully saturated rings. The Morgan fingerprint density at radius 3 is 2.44 bits per heavy atom. The van der Waals surface area contributed by atoms with E-state index in [2.05, 4.69) is 0 Å². The summed E-state index contributed by atoms with van der Waals surface area (Å²) in [5.41, 5.74) is 1.49. The molecule has 1 aliphatic heterocycles. The molecule has 0 aromatic heterocycles. The first kappa shape index (κ1) is 12.5. The summed E-state index contributed by atoms with van der Waals surface area (Å²) in [4.78, 5) is 23.1. The maximum Gasteiger partial charge on any atom is 0.326 e. The van der Waals surface area contributed by atoms with Crippen LogP contribution in [0.3, 0.4) is 0 Å². The van der Waals surface area contributed by atoms with Crippen LogP contribution in [-0.4, -0.2) is 34.4 Å². The predicted octanol–water partition coefficient (Wildman–Crippen LogP) is 1.29. The monoisotopic (exact) mass is 255 g/mol. The molecule has 1 atom stereocenters. The van der Waals surface area contributed by atoms with E-state index in [1.165, 1.54) is 0 Å². The fourth-order valence-corrected chi connectivity index (χ4v) is 2.10. The lowest BCUT2D eigenvalue weighted by molar-refractivity contribution is -0.157. The number of carbonyl (C=O) groups is 2. The van der Waals surface area contributed by atoms with Gasteiger partial charge in [0, 0.05) is 13.0 Å². The summed E-state index contributed by atoms with van der Waals surface area (Å²) >= 11 is 0. The number of rotatable bonds is 2. The standard InChI is InChI=1S/C12H11F2NO3/c13-10(14)11(16)15-6-8-4-2-1-3-7(8)5-9(15)12(17)18/h1-4,9-10H,5-6H2,(H,17,18). The molecular weight excluding hydrogens is 244 g/mol. The van der Waals surface area contributed by atoms with Gasteiger partial charge in [0.05, 0.1) is 0 Å². The maximum absolute atomic E-state index is 12.4. The SMILES string of the molecule is O=C(O)C1Cc2ccccc2CN1C(=O)C(F)F. The molecule has 1 aromatic carbocycles. The summed E-state index contributed by atoms with van der Waals surface area (Å²) in [5.74, 6) is -2.70. The van der Waals surface area contributed by atoms with Crippen LogP contribution in [0, 0.1) is 0 Å². The number of carboxylic acids is 1. The molecule has 0 spiro atoms. The van der Waals surface area contributed by atoms with Gasteiger partial charge < -0.3 is 10.0 Å². The molecular formula is C12H11F2NO3. The van der Waals surface area contributed by atoms with Crippen LogP contribution in [0.5, 0.6) is 0 Å². The van der Waals surface area contributed by atoms with Crippen LogP contribution >= 0.6 is 0 Å². The van der Waals surface area contributed by atoms with Gasteiger partial charge in [0.2, 0.25) is 0 Å². The summed E-state index contributed by atoms with van der Waals surface area (Å²) in [6.07, 6.45) is -3.12. The van der Waals surface area contributed by atoms with Crippen LogP contribution in [0.15, 0.2) is 24.3 Å². The molecule has 0 bridgehead atoms. The number of alkyl halides is 2. The van der Waals surface area contributed by atoms with Gasteiger partial charge in [0.25, 0.3) is 5.91 Å². The lowest BCUT2D eigenvalue weighted by atomic mass is 9.94. The Hall–Kier alpha value is -1.98. The Kier molecular flexibility index (Phi) is 3.27. The normalized spacial score (nSPS) is 18.6. The molecule has 0 aliphatic carbocycles. The molecule has 96 valence electrons. The second kappa shape index (κ2) is 4.72. The lowest BCUT2D eigenvalue weighted by Gasteiger charge is -2.34. The van der Waals surface area contributed by atoms with Gasteiger partial charge in [0.15, 0.2) is 0 Å². The molecule has 1 heterocycles. The highest BCUT2D eigenvalue weighted by molar-refractivity contribution is 5.86. The third-order valence-corrected chi connectivity index (χ3v) is 3.00. The van der Waals surface area contributed by atoms with E-state index in [0.717, 1.165) is 10.5 Å². The zero-order chi connectivity index (χ0) is 13.3. The maximum atomic E-state index is 12.4. The number of carbonyl (C=O) groups excluding carboxylic acids is 1. The van der Waals surface area contributed by atoms with Gasteiger partial charge in [0.1, 0.15) is 6.04 Å². The van der Waals surface area contributed by atoms with Crippen molar-refractivity contribution in [3.05, 3.63) is 35.4 Å². The van der Waals surface area contributed by atoms with Crippen LogP contribution in [-0.2, 0) is 22.6 Å². The Morgan fingerprint density at radius 1 is 1.28 bits per heavy atom. The number of halogens is 2. The average Bonchev–Trinajstić information content (AvgIpc) is 2.36. The van der Waals surface area contributed by atoms with Crippen molar-refractivity contribution in [2.24, 2.45) is 0 Å². The highest BCUT2D eigenvalue weighted by Gasteiger charge is 2.37. The lowest BCUT2D eigenvalue weighted by Crippen LogP contribution is -2.50. The number of carboxylic acid groups (broad SMARTS) is 1. The van der Waals surface area contributed by atoms with Crippen molar-refractivity contribution in [3.63, 3.8) is 0 Å². The van der Waals surface area contributed by atoms with E-state index in [-0.39, 0.29) is 13.0 Å². The molecule has 1 aliphatic rings. The summed E-state index contributed by atoms with van der Waals surface area (Å²) in [7, 11) is 0. The molecule has 0 saturated heterocycles. The molecule has 2 rings (SSSR count). The van der Waals surface area contributed by atoms with Crippen LogP contribution in [0.1, 0.15) is 11.1 Å². The number of hydrogen-bond acceptors (Lipinski definition) is 2. The minimum atomic E-state index is -3.18. The molecule has 18 heavy (non-hydrogen) atoms. The first-order chi connectivity index (χ1) is 8.50. The van der Waals surface area contributed by atoms with Crippen molar-refractivity contribution in [1.82, 2.24) is 4.90 Å². The summed E-state index contributed by atoms with van der Waals surface area (Å²) in [5, 5.41) is 9.03. The number of hydrogen-bond donors (Lipinski definition) is 1. The summed E-state index contributed by atoms with van der Waals surface area (Å²) < 4.78 is 24.9. The van der Waals surface area contributed by atoms with Gasteiger partial charge in [-0.3, -0.25) is 4.79 Å². The van der Waals surface area contributed by atoms with E-state index >= 15 is 0 Å².